The molecule has 0 radical (unpaired) electrons. The number of methoxy groups -OCH3 is 1. The first-order valence-corrected chi connectivity index (χ1v) is 10.6. The fraction of sp³-hybridized carbons (Fsp3) is 0.286. The van der Waals surface area contributed by atoms with Crippen molar-refractivity contribution >= 4 is 50.8 Å². The maximum Gasteiger partial charge on any atom is 0.257 e. The topological polar surface area (TPSA) is 88.7 Å². The predicted octanol–water partition coefficient (Wildman–Crippen LogP) is 3.74. The number of ether oxygens (including phenoxy) is 2. The standard InChI is InChI=1S/C21H24BrN3O4S/c1-3-29-18-9-8-15(13-17(18)22)20(27)25-21(30)24-16-7-4-6-14(12-16)19(26)23-10-5-11-28-2/h4,6-9,12-13H,3,5,10-11H2,1-2H3,(H,23,26)(H2,24,25,27,30). The Hall–Kier alpha value is -2.49. The van der Waals surface area contributed by atoms with Crippen LogP contribution in [-0.2, 0) is 4.74 Å². The average molecular weight is 494 g/mol. The summed E-state index contributed by atoms with van der Waals surface area (Å²) >= 11 is 8.61. The van der Waals surface area contributed by atoms with Gasteiger partial charge in [0.05, 0.1) is 11.1 Å². The highest BCUT2D eigenvalue weighted by Gasteiger charge is 2.12. The van der Waals surface area contributed by atoms with Gasteiger partial charge < -0.3 is 20.1 Å². The molecule has 0 atom stereocenters. The highest BCUT2D eigenvalue weighted by Crippen LogP contribution is 2.26. The van der Waals surface area contributed by atoms with E-state index in [0.29, 0.717) is 46.8 Å². The summed E-state index contributed by atoms with van der Waals surface area (Å²) in [5.41, 5.74) is 1.51. The summed E-state index contributed by atoms with van der Waals surface area (Å²) in [6.07, 6.45) is 0.734. The summed E-state index contributed by atoms with van der Waals surface area (Å²) in [6, 6.07) is 11.9. The lowest BCUT2D eigenvalue weighted by Gasteiger charge is -2.12. The zero-order valence-corrected chi connectivity index (χ0v) is 19.2. The zero-order valence-electron chi connectivity index (χ0n) is 16.8. The molecule has 0 heterocycles. The summed E-state index contributed by atoms with van der Waals surface area (Å²) in [4.78, 5) is 24.7. The molecule has 2 amide bonds. The van der Waals surface area contributed by atoms with Crippen LogP contribution in [0.4, 0.5) is 5.69 Å². The highest BCUT2D eigenvalue weighted by atomic mass is 79.9. The minimum Gasteiger partial charge on any atom is -0.493 e. The number of amides is 2. The molecule has 0 saturated heterocycles. The summed E-state index contributed by atoms with van der Waals surface area (Å²) < 4.78 is 11.1. The quantitative estimate of drug-likeness (QED) is 0.364. The number of anilines is 1. The fourth-order valence-electron chi connectivity index (χ4n) is 2.51. The maximum atomic E-state index is 12.4. The van der Waals surface area contributed by atoms with E-state index in [1.807, 2.05) is 6.92 Å². The lowest BCUT2D eigenvalue weighted by Crippen LogP contribution is -2.34. The van der Waals surface area contributed by atoms with Crippen LogP contribution in [-0.4, -0.2) is 43.8 Å². The predicted molar refractivity (Wildman–Crippen MR) is 124 cm³/mol. The van der Waals surface area contributed by atoms with E-state index < -0.39 is 0 Å². The van der Waals surface area contributed by atoms with Gasteiger partial charge in [0.1, 0.15) is 5.75 Å². The first kappa shape index (κ1) is 23.8. The van der Waals surface area contributed by atoms with Gasteiger partial charge in [0.2, 0.25) is 0 Å². The Kier molecular flexibility index (Phi) is 9.72. The van der Waals surface area contributed by atoms with E-state index in [4.69, 9.17) is 21.7 Å². The molecule has 0 aliphatic carbocycles. The van der Waals surface area contributed by atoms with Crippen molar-refractivity contribution in [3.63, 3.8) is 0 Å². The van der Waals surface area contributed by atoms with E-state index in [0.717, 1.165) is 6.42 Å². The number of carbonyl (C=O) groups excluding carboxylic acids is 2. The molecule has 0 bridgehead atoms. The second-order valence-electron chi connectivity index (χ2n) is 6.17. The maximum absolute atomic E-state index is 12.4. The molecule has 0 saturated carbocycles. The van der Waals surface area contributed by atoms with Crippen molar-refractivity contribution in [1.29, 1.82) is 0 Å². The molecule has 0 aliphatic rings. The van der Waals surface area contributed by atoms with Crippen LogP contribution >= 0.6 is 28.1 Å². The summed E-state index contributed by atoms with van der Waals surface area (Å²) in [6.45, 7) is 3.52. The smallest absolute Gasteiger partial charge is 0.257 e. The second kappa shape index (κ2) is 12.3. The van der Waals surface area contributed by atoms with Crippen LogP contribution in [0.25, 0.3) is 0 Å². The molecule has 0 unspecified atom stereocenters. The summed E-state index contributed by atoms with van der Waals surface area (Å²) in [7, 11) is 1.62. The third-order valence-electron chi connectivity index (χ3n) is 3.91. The minimum absolute atomic E-state index is 0.127. The molecule has 0 aromatic heterocycles. The molecule has 0 fully saturated rings. The van der Waals surface area contributed by atoms with E-state index in [9.17, 15) is 9.59 Å². The van der Waals surface area contributed by atoms with Crippen molar-refractivity contribution in [2.45, 2.75) is 13.3 Å². The first-order chi connectivity index (χ1) is 14.4. The first-order valence-electron chi connectivity index (χ1n) is 9.36. The van der Waals surface area contributed by atoms with E-state index in [1.54, 1.807) is 49.6 Å². The molecule has 2 rings (SSSR count). The Labute approximate surface area is 189 Å². The molecular formula is C21H24BrN3O4S. The van der Waals surface area contributed by atoms with Crippen LogP contribution in [0.5, 0.6) is 5.75 Å². The van der Waals surface area contributed by atoms with Crippen LogP contribution in [0.2, 0.25) is 0 Å². The molecule has 160 valence electrons. The number of rotatable bonds is 9. The van der Waals surface area contributed by atoms with Gasteiger partial charge in [-0.2, -0.15) is 0 Å². The van der Waals surface area contributed by atoms with Gasteiger partial charge in [-0.15, -0.1) is 0 Å². The van der Waals surface area contributed by atoms with Gasteiger partial charge >= 0.3 is 0 Å². The van der Waals surface area contributed by atoms with E-state index in [1.165, 1.54) is 0 Å². The SMILES string of the molecule is CCOc1ccc(C(=O)NC(=S)Nc2cccc(C(=O)NCCCOC)c2)cc1Br. The Balaban J connectivity index is 1.93. The Morgan fingerprint density at radius 1 is 1.10 bits per heavy atom. The van der Waals surface area contributed by atoms with Crippen molar-refractivity contribution in [3.05, 3.63) is 58.1 Å². The Morgan fingerprint density at radius 3 is 2.57 bits per heavy atom. The largest absolute Gasteiger partial charge is 0.493 e. The second-order valence-corrected chi connectivity index (χ2v) is 7.43. The van der Waals surface area contributed by atoms with Crippen molar-refractivity contribution in [3.8, 4) is 5.75 Å². The fourth-order valence-corrected chi connectivity index (χ4v) is 3.21. The molecule has 30 heavy (non-hydrogen) atoms. The Bertz CT molecular complexity index is 908. The van der Waals surface area contributed by atoms with Gasteiger partial charge in [-0.1, -0.05) is 6.07 Å². The lowest BCUT2D eigenvalue weighted by atomic mass is 10.2. The Morgan fingerprint density at radius 2 is 1.87 bits per heavy atom. The number of benzene rings is 2. The van der Waals surface area contributed by atoms with Crippen LogP contribution in [0.15, 0.2) is 46.9 Å². The van der Waals surface area contributed by atoms with Crippen molar-refractivity contribution in [1.82, 2.24) is 10.6 Å². The normalized spacial score (nSPS) is 10.2. The van der Waals surface area contributed by atoms with Crippen molar-refractivity contribution in [2.75, 3.05) is 32.2 Å². The van der Waals surface area contributed by atoms with Gasteiger partial charge in [-0.05, 0) is 77.9 Å². The number of nitrogens with one attached hydrogen (secondary N) is 3. The van der Waals surface area contributed by atoms with Crippen molar-refractivity contribution in [2.24, 2.45) is 0 Å². The third kappa shape index (κ3) is 7.40. The average Bonchev–Trinajstić information content (AvgIpc) is 2.72. The number of hydrogen-bond donors (Lipinski definition) is 3. The van der Waals surface area contributed by atoms with E-state index in [-0.39, 0.29) is 16.9 Å². The summed E-state index contributed by atoms with van der Waals surface area (Å²) in [5.74, 6) is 0.110. The van der Waals surface area contributed by atoms with Crippen LogP contribution < -0.4 is 20.7 Å². The molecule has 3 N–H and O–H groups in total. The number of thiocarbonyl (C=S) groups is 1. The van der Waals surface area contributed by atoms with Crippen LogP contribution in [0.1, 0.15) is 34.1 Å². The monoisotopic (exact) mass is 493 g/mol. The summed E-state index contributed by atoms with van der Waals surface area (Å²) in [5, 5.41) is 8.50. The third-order valence-corrected chi connectivity index (χ3v) is 4.74. The molecule has 7 nitrogen and oxygen atoms in total. The number of halogens is 1. The van der Waals surface area contributed by atoms with Crippen LogP contribution in [0.3, 0.4) is 0 Å². The molecule has 9 heteroatoms. The van der Waals surface area contributed by atoms with Crippen molar-refractivity contribution < 1.29 is 19.1 Å². The van der Waals surface area contributed by atoms with Crippen LogP contribution in [0, 0.1) is 0 Å². The number of carbonyl (C=O) groups is 2. The molecule has 2 aromatic carbocycles. The van der Waals surface area contributed by atoms with E-state index in [2.05, 4.69) is 31.9 Å². The molecular weight excluding hydrogens is 470 g/mol. The van der Waals surface area contributed by atoms with Gasteiger partial charge in [0.25, 0.3) is 11.8 Å². The van der Waals surface area contributed by atoms with E-state index >= 15 is 0 Å². The molecule has 2 aromatic rings. The van der Waals surface area contributed by atoms with Gasteiger partial charge in [-0.3, -0.25) is 14.9 Å². The molecule has 0 aliphatic heterocycles. The highest BCUT2D eigenvalue weighted by molar-refractivity contribution is 9.10. The molecule has 0 spiro atoms. The lowest BCUT2D eigenvalue weighted by molar-refractivity contribution is 0.0946. The zero-order chi connectivity index (χ0) is 21.9. The minimum atomic E-state index is -0.358. The van der Waals surface area contributed by atoms with Gasteiger partial charge in [0, 0.05) is 37.1 Å². The van der Waals surface area contributed by atoms with Gasteiger partial charge in [-0.25, -0.2) is 0 Å². The van der Waals surface area contributed by atoms with Gasteiger partial charge in [0.15, 0.2) is 5.11 Å². The number of hydrogen-bond acceptors (Lipinski definition) is 5.